The third-order valence-electron chi connectivity index (χ3n) is 4.93. The van der Waals surface area contributed by atoms with Crippen molar-refractivity contribution in [2.45, 2.75) is 24.7 Å². The van der Waals surface area contributed by atoms with Crippen LogP contribution in [-0.4, -0.2) is 52.4 Å². The van der Waals surface area contributed by atoms with Gasteiger partial charge in [-0.15, -0.1) is 0 Å². The Morgan fingerprint density at radius 2 is 1.90 bits per heavy atom. The number of nitrogens with two attached hydrogens (primary N) is 1. The average Bonchev–Trinajstić information content (AvgIpc) is 3.07. The maximum absolute atomic E-state index is 15.3. The van der Waals surface area contributed by atoms with Crippen molar-refractivity contribution in [3.05, 3.63) is 53.8 Å². The van der Waals surface area contributed by atoms with Gasteiger partial charge in [-0.2, -0.15) is 0 Å². The highest BCUT2D eigenvalue weighted by atomic mass is 32.2. The molecule has 2 aromatic carbocycles. The lowest BCUT2D eigenvalue weighted by Crippen LogP contribution is -2.48. The third kappa shape index (κ3) is 5.12. The molecule has 1 fully saturated rings. The molecule has 4 N–H and O–H groups in total. The summed E-state index contributed by atoms with van der Waals surface area (Å²) in [6.45, 7) is 0.477. The molecule has 6 nitrogen and oxygen atoms in total. The van der Waals surface area contributed by atoms with Gasteiger partial charge < -0.3 is 15.8 Å². The van der Waals surface area contributed by atoms with Gasteiger partial charge in [0.25, 0.3) is 0 Å². The molecule has 0 saturated carbocycles. The standard InChI is InChI=1S/C20H24F3N3O3S/c21-12-30(27,28)26-20-16(22)11-25-17(20)10-13-4-3-6-15(19(13)23)14-5-1-2-7-18(14)29-9-8-24/h1-7,16-17,20,25-26H,8-12,24H2. The van der Waals surface area contributed by atoms with Gasteiger partial charge in [0, 0.05) is 30.3 Å². The smallest absolute Gasteiger partial charge is 0.241 e. The van der Waals surface area contributed by atoms with Gasteiger partial charge in [-0.1, -0.05) is 36.4 Å². The normalized spacial score (nSPS) is 21.7. The fourth-order valence-corrected chi connectivity index (χ4v) is 4.32. The zero-order valence-corrected chi connectivity index (χ0v) is 17.0. The monoisotopic (exact) mass is 443 g/mol. The fourth-order valence-electron chi connectivity index (χ4n) is 3.53. The molecular weight excluding hydrogens is 419 g/mol. The molecule has 2 aromatic rings. The van der Waals surface area contributed by atoms with Crippen molar-refractivity contribution in [3.8, 4) is 16.9 Å². The van der Waals surface area contributed by atoms with Crippen LogP contribution < -0.4 is 20.5 Å². The number of hydrogen-bond donors (Lipinski definition) is 3. The van der Waals surface area contributed by atoms with Crippen LogP contribution in [0.4, 0.5) is 13.2 Å². The number of hydrogen-bond acceptors (Lipinski definition) is 5. The molecule has 0 spiro atoms. The predicted octanol–water partition coefficient (Wildman–Crippen LogP) is 1.90. The van der Waals surface area contributed by atoms with Crippen LogP contribution >= 0.6 is 0 Å². The van der Waals surface area contributed by atoms with E-state index in [1.165, 1.54) is 0 Å². The SMILES string of the molecule is NCCOc1ccccc1-c1cccc(CC2NCC(F)C2NS(=O)(=O)CF)c1F. The van der Waals surface area contributed by atoms with E-state index in [0.29, 0.717) is 23.4 Å². The molecule has 3 atom stereocenters. The second-order valence-electron chi connectivity index (χ2n) is 7.01. The number of rotatable bonds is 9. The fraction of sp³-hybridized carbons (Fsp3) is 0.400. The molecule has 1 aliphatic rings. The lowest BCUT2D eigenvalue weighted by molar-refractivity contribution is 0.303. The van der Waals surface area contributed by atoms with Gasteiger partial charge in [-0.3, -0.25) is 0 Å². The number of para-hydroxylation sites is 1. The Labute approximate surface area is 173 Å². The second kappa shape index (κ2) is 9.78. The second-order valence-corrected chi connectivity index (χ2v) is 8.70. The molecule has 0 aromatic heterocycles. The summed E-state index contributed by atoms with van der Waals surface area (Å²) in [5, 5.41) is 2.85. The lowest BCUT2D eigenvalue weighted by Gasteiger charge is -2.22. The van der Waals surface area contributed by atoms with Crippen molar-refractivity contribution in [1.29, 1.82) is 0 Å². The number of benzene rings is 2. The quantitative estimate of drug-likeness (QED) is 0.551. The average molecular weight is 443 g/mol. The highest BCUT2D eigenvalue weighted by molar-refractivity contribution is 7.89. The van der Waals surface area contributed by atoms with Crippen LogP contribution in [0.1, 0.15) is 5.56 Å². The van der Waals surface area contributed by atoms with E-state index in [9.17, 15) is 17.2 Å². The van der Waals surface area contributed by atoms with Crippen molar-refractivity contribution in [2.75, 3.05) is 25.7 Å². The maximum atomic E-state index is 15.3. The maximum Gasteiger partial charge on any atom is 0.241 e. The van der Waals surface area contributed by atoms with Crippen LogP contribution in [0.3, 0.4) is 0 Å². The Hall–Kier alpha value is -2.14. The highest BCUT2D eigenvalue weighted by Gasteiger charge is 2.39. The molecule has 10 heteroatoms. The molecule has 3 unspecified atom stereocenters. The summed E-state index contributed by atoms with van der Waals surface area (Å²) in [5.74, 6) is -0.0344. The topological polar surface area (TPSA) is 93.4 Å². The van der Waals surface area contributed by atoms with Gasteiger partial charge in [-0.25, -0.2) is 26.3 Å². The number of ether oxygens (including phenoxy) is 1. The van der Waals surface area contributed by atoms with Gasteiger partial charge in [0.05, 0.1) is 6.04 Å². The van der Waals surface area contributed by atoms with Gasteiger partial charge in [-0.05, 0) is 18.1 Å². The summed E-state index contributed by atoms with van der Waals surface area (Å²) in [7, 11) is -4.25. The molecule has 3 rings (SSSR count). The molecule has 0 aliphatic carbocycles. The van der Waals surface area contributed by atoms with Crippen LogP contribution in [-0.2, 0) is 16.4 Å². The van der Waals surface area contributed by atoms with E-state index in [2.05, 4.69) is 5.32 Å². The van der Waals surface area contributed by atoms with E-state index in [4.69, 9.17) is 10.5 Å². The van der Waals surface area contributed by atoms with Crippen LogP contribution in [0, 0.1) is 5.82 Å². The minimum absolute atomic E-state index is 0.0192. The van der Waals surface area contributed by atoms with Gasteiger partial charge in [0.2, 0.25) is 16.0 Å². The van der Waals surface area contributed by atoms with Crippen LogP contribution in [0.25, 0.3) is 11.1 Å². The van der Waals surface area contributed by atoms with Crippen molar-refractivity contribution in [1.82, 2.24) is 10.0 Å². The van der Waals surface area contributed by atoms with Crippen molar-refractivity contribution in [3.63, 3.8) is 0 Å². The van der Waals surface area contributed by atoms with E-state index in [1.54, 1.807) is 42.5 Å². The van der Waals surface area contributed by atoms with Crippen LogP contribution in [0.5, 0.6) is 5.75 Å². The van der Waals surface area contributed by atoms with E-state index in [0.717, 1.165) is 0 Å². The summed E-state index contributed by atoms with van der Waals surface area (Å²) in [4.78, 5) is 0. The molecule has 1 saturated heterocycles. The first kappa shape index (κ1) is 22.5. The molecule has 30 heavy (non-hydrogen) atoms. The Bertz CT molecular complexity index is 975. The van der Waals surface area contributed by atoms with Gasteiger partial charge >= 0.3 is 0 Å². The summed E-state index contributed by atoms with van der Waals surface area (Å²) in [6, 6.07) is 8.21. The molecule has 0 radical (unpaired) electrons. The lowest BCUT2D eigenvalue weighted by atomic mass is 9.96. The molecule has 1 heterocycles. The highest BCUT2D eigenvalue weighted by Crippen LogP contribution is 2.33. The number of halogens is 3. The first-order valence-corrected chi connectivity index (χ1v) is 11.1. The molecule has 1 aliphatic heterocycles. The number of nitrogens with one attached hydrogen (secondary N) is 2. The van der Waals surface area contributed by atoms with Gasteiger partial charge in [0.15, 0.2) is 0 Å². The molecular formula is C20H24F3N3O3S. The Balaban J connectivity index is 1.87. The first-order chi connectivity index (χ1) is 14.4. The minimum atomic E-state index is -4.25. The van der Waals surface area contributed by atoms with Gasteiger partial charge in [0.1, 0.15) is 24.3 Å². The summed E-state index contributed by atoms with van der Waals surface area (Å²) < 4.78 is 72.9. The van der Waals surface area contributed by atoms with E-state index in [-0.39, 0.29) is 25.1 Å². The van der Waals surface area contributed by atoms with Crippen molar-refractivity contribution >= 4 is 10.0 Å². The molecule has 164 valence electrons. The van der Waals surface area contributed by atoms with Crippen LogP contribution in [0.2, 0.25) is 0 Å². The molecule has 0 bridgehead atoms. The summed E-state index contributed by atoms with van der Waals surface area (Å²) in [5.41, 5.74) is 6.60. The first-order valence-electron chi connectivity index (χ1n) is 9.49. The van der Waals surface area contributed by atoms with E-state index >= 15 is 4.39 Å². The largest absolute Gasteiger partial charge is 0.492 e. The molecule has 0 amide bonds. The zero-order chi connectivity index (χ0) is 21.7. The Morgan fingerprint density at radius 1 is 1.17 bits per heavy atom. The minimum Gasteiger partial charge on any atom is -0.492 e. The van der Waals surface area contributed by atoms with E-state index in [1.807, 2.05) is 4.72 Å². The van der Waals surface area contributed by atoms with E-state index < -0.39 is 40.1 Å². The van der Waals surface area contributed by atoms with Crippen molar-refractivity contribution < 1.29 is 26.3 Å². The Morgan fingerprint density at radius 3 is 2.63 bits per heavy atom. The summed E-state index contributed by atoms with van der Waals surface area (Å²) >= 11 is 0. The summed E-state index contributed by atoms with van der Waals surface area (Å²) in [6.07, 6.45) is -1.53. The number of sulfonamides is 1. The van der Waals surface area contributed by atoms with Crippen LogP contribution in [0.15, 0.2) is 42.5 Å². The number of alkyl halides is 2. The third-order valence-corrected chi connectivity index (χ3v) is 5.85. The van der Waals surface area contributed by atoms with Crippen molar-refractivity contribution in [2.24, 2.45) is 5.73 Å². The Kier molecular flexibility index (Phi) is 7.35. The zero-order valence-electron chi connectivity index (χ0n) is 16.2. The predicted molar refractivity (Wildman–Crippen MR) is 109 cm³/mol.